The Kier molecular flexibility index (Phi) is 2.23. The molecule has 0 amide bonds. The number of amidine groups is 1. The standard InChI is InChI=1S/C12H15N3/c1-3-15-8(2)6-10-7-9(12(13)14)4-5-11(10)15/h4-7H,3H2,1-2H3,(H3,13,14). The van der Waals surface area contributed by atoms with E-state index < -0.39 is 0 Å². The molecule has 0 unspecified atom stereocenters. The first-order valence-corrected chi connectivity index (χ1v) is 5.07. The van der Waals surface area contributed by atoms with Gasteiger partial charge in [0.05, 0.1) is 0 Å². The highest BCUT2D eigenvalue weighted by Crippen LogP contribution is 2.20. The molecule has 0 radical (unpaired) electrons. The van der Waals surface area contributed by atoms with Crippen LogP contribution in [0.1, 0.15) is 18.2 Å². The van der Waals surface area contributed by atoms with Gasteiger partial charge in [0, 0.05) is 28.7 Å². The van der Waals surface area contributed by atoms with Gasteiger partial charge in [0.1, 0.15) is 5.84 Å². The predicted octanol–water partition coefficient (Wildman–Crippen LogP) is 2.25. The van der Waals surface area contributed by atoms with Gasteiger partial charge in [0.15, 0.2) is 0 Å². The number of nitrogens with one attached hydrogen (secondary N) is 1. The average Bonchev–Trinajstić information content (AvgIpc) is 2.51. The summed E-state index contributed by atoms with van der Waals surface area (Å²) in [4.78, 5) is 0. The van der Waals surface area contributed by atoms with Gasteiger partial charge in [-0.2, -0.15) is 0 Å². The summed E-state index contributed by atoms with van der Waals surface area (Å²) >= 11 is 0. The van der Waals surface area contributed by atoms with E-state index in [9.17, 15) is 0 Å². The molecule has 0 aliphatic carbocycles. The number of benzene rings is 1. The third kappa shape index (κ3) is 1.50. The largest absolute Gasteiger partial charge is 0.384 e. The molecule has 1 aromatic heterocycles. The highest BCUT2D eigenvalue weighted by Gasteiger charge is 2.05. The van der Waals surface area contributed by atoms with Crippen molar-refractivity contribution in [3.8, 4) is 0 Å². The fraction of sp³-hybridized carbons (Fsp3) is 0.250. The number of fused-ring (bicyclic) bond motifs is 1. The molecule has 78 valence electrons. The van der Waals surface area contributed by atoms with Gasteiger partial charge >= 0.3 is 0 Å². The van der Waals surface area contributed by atoms with Crippen LogP contribution in [0.5, 0.6) is 0 Å². The van der Waals surface area contributed by atoms with Crippen LogP contribution >= 0.6 is 0 Å². The van der Waals surface area contributed by atoms with E-state index in [4.69, 9.17) is 11.1 Å². The van der Waals surface area contributed by atoms with Crippen LogP contribution in [0.25, 0.3) is 10.9 Å². The number of rotatable bonds is 2. The summed E-state index contributed by atoms with van der Waals surface area (Å²) in [6.45, 7) is 5.19. The molecule has 0 bridgehead atoms. The summed E-state index contributed by atoms with van der Waals surface area (Å²) in [7, 11) is 0. The fourth-order valence-electron chi connectivity index (χ4n) is 2.00. The maximum atomic E-state index is 7.39. The Hall–Kier alpha value is -1.77. The lowest BCUT2D eigenvalue weighted by atomic mass is 10.1. The molecule has 0 atom stereocenters. The summed E-state index contributed by atoms with van der Waals surface area (Å²) in [5.41, 5.74) is 8.70. The Balaban J connectivity index is 2.69. The Bertz CT molecular complexity index is 523. The molecule has 3 heteroatoms. The van der Waals surface area contributed by atoms with Crippen LogP contribution in [-0.4, -0.2) is 10.4 Å². The zero-order chi connectivity index (χ0) is 11.0. The monoisotopic (exact) mass is 201 g/mol. The van der Waals surface area contributed by atoms with E-state index in [1.807, 2.05) is 18.2 Å². The molecule has 3 nitrogen and oxygen atoms in total. The third-order valence-electron chi connectivity index (χ3n) is 2.74. The van der Waals surface area contributed by atoms with Crippen LogP contribution in [0.4, 0.5) is 0 Å². The minimum Gasteiger partial charge on any atom is -0.384 e. The second-order valence-electron chi connectivity index (χ2n) is 3.72. The highest BCUT2D eigenvalue weighted by atomic mass is 15.0. The van der Waals surface area contributed by atoms with Crippen molar-refractivity contribution in [2.24, 2.45) is 5.73 Å². The van der Waals surface area contributed by atoms with Gasteiger partial charge < -0.3 is 10.3 Å². The number of aromatic nitrogens is 1. The lowest BCUT2D eigenvalue weighted by Crippen LogP contribution is -2.10. The molecular formula is C12H15N3. The van der Waals surface area contributed by atoms with Crippen LogP contribution in [-0.2, 0) is 6.54 Å². The van der Waals surface area contributed by atoms with E-state index in [2.05, 4.69) is 24.5 Å². The number of hydrogen-bond acceptors (Lipinski definition) is 1. The van der Waals surface area contributed by atoms with Gasteiger partial charge in [-0.25, -0.2) is 0 Å². The molecule has 0 fully saturated rings. The van der Waals surface area contributed by atoms with Crippen LogP contribution in [0, 0.1) is 12.3 Å². The maximum absolute atomic E-state index is 7.39. The van der Waals surface area contributed by atoms with E-state index in [1.165, 1.54) is 11.2 Å². The number of hydrogen-bond donors (Lipinski definition) is 2. The van der Waals surface area contributed by atoms with Gasteiger partial charge in [-0.1, -0.05) is 0 Å². The minimum atomic E-state index is 0.124. The Morgan fingerprint density at radius 3 is 2.73 bits per heavy atom. The van der Waals surface area contributed by atoms with Gasteiger partial charge in [-0.05, 0) is 38.1 Å². The van der Waals surface area contributed by atoms with Crippen molar-refractivity contribution < 1.29 is 0 Å². The Morgan fingerprint density at radius 2 is 2.13 bits per heavy atom. The van der Waals surface area contributed by atoms with Crippen LogP contribution in [0.2, 0.25) is 0 Å². The van der Waals surface area contributed by atoms with Crippen molar-refractivity contribution >= 4 is 16.7 Å². The first-order chi connectivity index (χ1) is 7.13. The van der Waals surface area contributed by atoms with Crippen molar-refractivity contribution in [1.82, 2.24) is 4.57 Å². The quantitative estimate of drug-likeness (QED) is 0.568. The smallest absolute Gasteiger partial charge is 0.122 e. The summed E-state index contributed by atoms with van der Waals surface area (Å²) in [5.74, 6) is 0.124. The Morgan fingerprint density at radius 1 is 1.40 bits per heavy atom. The molecule has 15 heavy (non-hydrogen) atoms. The molecule has 0 spiro atoms. The first kappa shape index (κ1) is 9.77. The minimum absolute atomic E-state index is 0.124. The molecule has 0 aliphatic heterocycles. The van der Waals surface area contributed by atoms with E-state index in [-0.39, 0.29) is 5.84 Å². The number of nitrogen functional groups attached to an aromatic ring is 1. The predicted molar refractivity (Wildman–Crippen MR) is 63.4 cm³/mol. The molecule has 1 heterocycles. The topological polar surface area (TPSA) is 54.8 Å². The molecule has 2 rings (SSSR count). The van der Waals surface area contributed by atoms with Gasteiger partial charge in [0.2, 0.25) is 0 Å². The SMILES string of the molecule is CCn1c(C)cc2cc(C(=N)N)ccc21. The lowest BCUT2D eigenvalue weighted by molar-refractivity contribution is 0.770. The molecule has 0 saturated heterocycles. The summed E-state index contributed by atoms with van der Waals surface area (Å²) in [6.07, 6.45) is 0. The second-order valence-corrected chi connectivity index (χ2v) is 3.72. The molecule has 0 aliphatic rings. The Labute approximate surface area is 89.0 Å². The molecule has 2 aromatic rings. The van der Waals surface area contributed by atoms with Crippen LogP contribution in [0.3, 0.4) is 0 Å². The van der Waals surface area contributed by atoms with Gasteiger partial charge in [-0.15, -0.1) is 0 Å². The molecule has 1 aromatic carbocycles. The van der Waals surface area contributed by atoms with Crippen molar-refractivity contribution in [3.63, 3.8) is 0 Å². The second kappa shape index (κ2) is 3.42. The van der Waals surface area contributed by atoms with Gasteiger partial charge in [0.25, 0.3) is 0 Å². The van der Waals surface area contributed by atoms with E-state index in [0.717, 1.165) is 17.5 Å². The number of nitrogens with two attached hydrogens (primary N) is 1. The maximum Gasteiger partial charge on any atom is 0.122 e. The zero-order valence-corrected chi connectivity index (χ0v) is 9.04. The van der Waals surface area contributed by atoms with E-state index in [0.29, 0.717) is 0 Å². The van der Waals surface area contributed by atoms with Crippen molar-refractivity contribution in [3.05, 3.63) is 35.5 Å². The molecular weight excluding hydrogens is 186 g/mol. The summed E-state index contributed by atoms with van der Waals surface area (Å²) in [6, 6.07) is 8.03. The normalized spacial score (nSPS) is 10.8. The van der Waals surface area contributed by atoms with Crippen molar-refractivity contribution in [2.45, 2.75) is 20.4 Å². The summed E-state index contributed by atoms with van der Waals surface area (Å²) < 4.78 is 2.25. The van der Waals surface area contributed by atoms with Crippen molar-refractivity contribution in [2.75, 3.05) is 0 Å². The highest BCUT2D eigenvalue weighted by molar-refractivity contribution is 5.98. The van der Waals surface area contributed by atoms with Crippen LogP contribution in [0.15, 0.2) is 24.3 Å². The van der Waals surface area contributed by atoms with Crippen LogP contribution < -0.4 is 5.73 Å². The number of aryl methyl sites for hydroxylation is 2. The number of nitrogens with zero attached hydrogens (tertiary/aromatic N) is 1. The average molecular weight is 201 g/mol. The molecule has 3 N–H and O–H groups in total. The fourth-order valence-corrected chi connectivity index (χ4v) is 2.00. The van der Waals surface area contributed by atoms with Crippen molar-refractivity contribution in [1.29, 1.82) is 5.41 Å². The summed E-state index contributed by atoms with van der Waals surface area (Å²) in [5, 5.41) is 8.54. The van der Waals surface area contributed by atoms with Gasteiger partial charge in [-0.3, -0.25) is 5.41 Å². The third-order valence-corrected chi connectivity index (χ3v) is 2.74. The first-order valence-electron chi connectivity index (χ1n) is 5.07. The van der Waals surface area contributed by atoms with E-state index in [1.54, 1.807) is 0 Å². The zero-order valence-electron chi connectivity index (χ0n) is 9.04. The lowest BCUT2D eigenvalue weighted by Gasteiger charge is -2.04. The van der Waals surface area contributed by atoms with E-state index >= 15 is 0 Å². The molecule has 0 saturated carbocycles.